The maximum Gasteiger partial charge on any atom is 0.180 e. The summed E-state index contributed by atoms with van der Waals surface area (Å²) in [5.74, 6) is 0. The van der Waals surface area contributed by atoms with E-state index in [-0.39, 0.29) is 0 Å². The lowest BCUT2D eigenvalue weighted by atomic mass is 10.1. The summed E-state index contributed by atoms with van der Waals surface area (Å²) in [7, 11) is -2.96. The molecule has 12 rings (SSSR count). The molecule has 4 heteroatoms. The second kappa shape index (κ2) is 13.0. The van der Waals surface area contributed by atoms with Gasteiger partial charge in [-0.05, 0) is 81.4 Å². The molecular formula is C54H36N2SSi. The van der Waals surface area contributed by atoms with Gasteiger partial charge in [-0.3, -0.25) is 0 Å². The average molecular weight is 773 g/mol. The maximum absolute atomic E-state index is 2.96. The van der Waals surface area contributed by atoms with Gasteiger partial charge < -0.3 is 9.13 Å². The molecule has 0 N–H and O–H groups in total. The minimum Gasteiger partial charge on any atom is -0.309 e. The van der Waals surface area contributed by atoms with E-state index in [9.17, 15) is 0 Å². The Bertz CT molecular complexity index is 3450. The molecule has 0 saturated heterocycles. The van der Waals surface area contributed by atoms with Crippen LogP contribution < -0.4 is 20.7 Å². The Morgan fingerprint density at radius 1 is 0.310 bits per heavy atom. The van der Waals surface area contributed by atoms with Gasteiger partial charge in [-0.15, -0.1) is 11.3 Å². The summed E-state index contributed by atoms with van der Waals surface area (Å²) in [5.41, 5.74) is 7.23. The topological polar surface area (TPSA) is 9.86 Å². The van der Waals surface area contributed by atoms with Crippen LogP contribution in [0.3, 0.4) is 0 Å². The molecule has 2 nitrogen and oxygen atoms in total. The average Bonchev–Trinajstić information content (AvgIpc) is 3.95. The molecule has 0 radical (unpaired) electrons. The lowest BCUT2D eigenvalue weighted by Crippen LogP contribution is -2.74. The first-order valence-corrected chi connectivity index (χ1v) is 22.8. The van der Waals surface area contributed by atoms with Crippen LogP contribution in [0.15, 0.2) is 218 Å². The van der Waals surface area contributed by atoms with E-state index in [1.807, 2.05) is 11.3 Å². The molecule has 9 aromatic carbocycles. The first-order valence-electron chi connectivity index (χ1n) is 19.9. The van der Waals surface area contributed by atoms with Crippen molar-refractivity contribution in [3.8, 4) is 11.4 Å². The fraction of sp³-hybridized carbons (Fsp3) is 0. The van der Waals surface area contributed by atoms with E-state index in [4.69, 9.17) is 0 Å². The molecule has 0 aliphatic carbocycles. The lowest BCUT2D eigenvalue weighted by Gasteiger charge is -2.35. The Morgan fingerprint density at radius 2 is 0.828 bits per heavy atom. The molecule has 3 aromatic heterocycles. The minimum absolute atomic E-state index is 1.16. The summed E-state index contributed by atoms with van der Waals surface area (Å²) < 4.78 is 7.58. The quantitative estimate of drug-likeness (QED) is 0.118. The molecule has 0 bridgehead atoms. The van der Waals surface area contributed by atoms with E-state index < -0.39 is 8.07 Å². The van der Waals surface area contributed by atoms with Crippen molar-refractivity contribution >= 4 is 104 Å². The van der Waals surface area contributed by atoms with Crippen LogP contribution in [0.5, 0.6) is 0 Å². The monoisotopic (exact) mass is 772 g/mol. The Morgan fingerprint density at radius 3 is 1.53 bits per heavy atom. The summed E-state index contributed by atoms with van der Waals surface area (Å²) in [5, 5.41) is 13.3. The molecule has 0 saturated carbocycles. The third-order valence-corrected chi connectivity index (χ3v) is 18.2. The van der Waals surface area contributed by atoms with E-state index in [2.05, 4.69) is 228 Å². The minimum atomic E-state index is -2.96. The van der Waals surface area contributed by atoms with Crippen molar-refractivity contribution in [2.75, 3.05) is 0 Å². The van der Waals surface area contributed by atoms with E-state index in [0.717, 1.165) is 5.69 Å². The van der Waals surface area contributed by atoms with Gasteiger partial charge in [0.05, 0.1) is 22.1 Å². The van der Waals surface area contributed by atoms with Crippen LogP contribution in [0.4, 0.5) is 0 Å². The fourth-order valence-corrected chi connectivity index (χ4v) is 16.0. The van der Waals surface area contributed by atoms with Crippen LogP contribution in [0, 0.1) is 0 Å². The van der Waals surface area contributed by atoms with Crippen molar-refractivity contribution < 1.29 is 0 Å². The van der Waals surface area contributed by atoms with Crippen molar-refractivity contribution in [1.82, 2.24) is 9.13 Å². The van der Waals surface area contributed by atoms with Gasteiger partial charge in [-0.1, -0.05) is 158 Å². The highest BCUT2D eigenvalue weighted by molar-refractivity contribution is 7.26. The Hall–Kier alpha value is -6.98. The van der Waals surface area contributed by atoms with Gasteiger partial charge in [0.1, 0.15) is 0 Å². The second-order valence-corrected chi connectivity index (χ2v) is 20.1. The van der Waals surface area contributed by atoms with Gasteiger partial charge >= 0.3 is 0 Å². The van der Waals surface area contributed by atoms with E-state index in [0.29, 0.717) is 0 Å². The van der Waals surface area contributed by atoms with Crippen LogP contribution in [0.25, 0.3) is 75.2 Å². The number of para-hydroxylation sites is 3. The van der Waals surface area contributed by atoms with Gasteiger partial charge in [-0.2, -0.15) is 0 Å². The van der Waals surface area contributed by atoms with Gasteiger partial charge in [0.2, 0.25) is 0 Å². The second-order valence-electron chi connectivity index (χ2n) is 15.2. The van der Waals surface area contributed by atoms with Crippen molar-refractivity contribution in [1.29, 1.82) is 0 Å². The number of aromatic nitrogens is 2. The first kappa shape index (κ1) is 33.2. The molecule has 0 atom stereocenters. The van der Waals surface area contributed by atoms with Gasteiger partial charge in [-0.25, -0.2) is 0 Å². The maximum atomic E-state index is 2.47. The normalized spacial score (nSPS) is 12.1. The van der Waals surface area contributed by atoms with E-state index in [1.165, 1.54) is 90.2 Å². The van der Waals surface area contributed by atoms with Crippen molar-refractivity contribution in [2.24, 2.45) is 0 Å². The molecule has 0 amide bonds. The largest absolute Gasteiger partial charge is 0.309 e. The Balaban J connectivity index is 1.15. The van der Waals surface area contributed by atoms with Crippen LogP contribution in [0.2, 0.25) is 0 Å². The van der Waals surface area contributed by atoms with E-state index in [1.54, 1.807) is 0 Å². The predicted molar refractivity (Wildman–Crippen MR) is 252 cm³/mol. The van der Waals surface area contributed by atoms with Gasteiger partial charge in [0.15, 0.2) is 8.07 Å². The van der Waals surface area contributed by atoms with Gasteiger partial charge in [0.25, 0.3) is 0 Å². The molecule has 0 fully saturated rings. The van der Waals surface area contributed by atoms with E-state index >= 15 is 0 Å². The smallest absolute Gasteiger partial charge is 0.180 e. The zero-order valence-electron chi connectivity index (χ0n) is 31.6. The van der Waals surface area contributed by atoms with Crippen molar-refractivity contribution in [3.05, 3.63) is 218 Å². The van der Waals surface area contributed by atoms with Crippen LogP contribution in [-0.4, -0.2) is 17.2 Å². The molecule has 3 heterocycles. The molecule has 0 aliphatic heterocycles. The van der Waals surface area contributed by atoms with Crippen LogP contribution in [-0.2, 0) is 0 Å². The first-order chi connectivity index (χ1) is 28.8. The zero-order valence-corrected chi connectivity index (χ0v) is 33.4. The molecule has 12 aromatic rings. The number of rotatable bonds is 6. The lowest BCUT2D eigenvalue weighted by molar-refractivity contribution is 1.18. The highest BCUT2D eigenvalue weighted by Gasteiger charge is 2.43. The number of nitrogens with zero attached hydrogens (tertiary/aromatic N) is 2. The SMILES string of the molecule is c1ccc(-n2c3ccccc3c3c([Si](c4ccccc4)(c4ccccc4)c4ccc(-n5c6ccccc6c6cc7sc8ccccc8c7cc65)cc4)cccc32)cc1. The zero-order chi connectivity index (χ0) is 38.2. The molecule has 0 unspecified atom stereocenters. The van der Waals surface area contributed by atoms with Gasteiger partial charge in [0, 0.05) is 53.1 Å². The van der Waals surface area contributed by atoms with Crippen molar-refractivity contribution in [2.45, 2.75) is 0 Å². The number of hydrogen-bond donors (Lipinski definition) is 0. The molecule has 272 valence electrons. The molecule has 58 heavy (non-hydrogen) atoms. The number of thiophene rings is 1. The number of benzene rings is 9. The fourth-order valence-electron chi connectivity index (χ4n) is 9.86. The molecular weight excluding hydrogens is 737 g/mol. The third kappa shape index (κ3) is 4.76. The molecule has 0 aliphatic rings. The number of fused-ring (bicyclic) bond motifs is 9. The summed E-state index contributed by atoms with van der Waals surface area (Å²) >= 11 is 1.88. The van der Waals surface area contributed by atoms with Crippen LogP contribution >= 0.6 is 11.3 Å². The van der Waals surface area contributed by atoms with Crippen molar-refractivity contribution in [3.63, 3.8) is 0 Å². The Kier molecular flexibility index (Phi) is 7.46. The summed E-state index contributed by atoms with van der Waals surface area (Å²) in [6, 6.07) is 81.5. The predicted octanol–water partition coefficient (Wildman–Crippen LogP) is 11.6. The summed E-state index contributed by atoms with van der Waals surface area (Å²) in [6.07, 6.45) is 0. The summed E-state index contributed by atoms with van der Waals surface area (Å²) in [4.78, 5) is 0. The highest BCUT2D eigenvalue weighted by Crippen LogP contribution is 2.40. The number of hydrogen-bond acceptors (Lipinski definition) is 1. The standard InChI is InChI=1S/C54H36N2SSi/c1-4-17-37(18-5-1)55-48-27-14-11-25-44(48)54-49(55)28-16-30-53(54)58(39-19-6-2-7-20-39,40-21-8-3-9-22-40)41-33-31-38(32-34-41)56-47-26-13-10-23-42(47)45-36-52-46(35-50(45)56)43-24-12-15-29-51(43)57-52/h1-36H. The Labute approximate surface area is 341 Å². The molecule has 0 spiro atoms. The summed E-state index contributed by atoms with van der Waals surface area (Å²) in [6.45, 7) is 0. The van der Waals surface area contributed by atoms with Crippen LogP contribution in [0.1, 0.15) is 0 Å². The highest BCUT2D eigenvalue weighted by atomic mass is 32.1. The third-order valence-electron chi connectivity index (χ3n) is 12.3.